The van der Waals surface area contributed by atoms with Gasteiger partial charge in [-0.15, -0.1) is 0 Å². The van der Waals surface area contributed by atoms with E-state index in [-0.39, 0.29) is 81.2 Å². The molecule has 0 rings (SSSR count). The topological polar surface area (TPSA) is 63.6 Å². The molecule has 0 spiro atoms. The largest absolute Gasteiger partial charge is 2.00 e. The fourth-order valence-electron chi connectivity index (χ4n) is 0.239. The summed E-state index contributed by atoms with van der Waals surface area (Å²) in [5.41, 5.74) is 2.42. The Hall–Kier alpha value is 3.16. The van der Waals surface area contributed by atoms with Crippen molar-refractivity contribution in [3.63, 3.8) is 0 Å². The van der Waals surface area contributed by atoms with Crippen LogP contribution in [-0.2, 0) is 10.2 Å². The van der Waals surface area contributed by atoms with Crippen LogP contribution < -0.4 is 0 Å². The van der Waals surface area contributed by atoms with E-state index >= 15 is 0 Å². The average molecular weight is 330 g/mol. The van der Waals surface area contributed by atoms with Gasteiger partial charge < -0.3 is 5.71 Å². The van der Waals surface area contributed by atoms with E-state index in [2.05, 4.69) is 2.72 Å². The van der Waals surface area contributed by atoms with Crippen LogP contribution in [0.1, 0.15) is 5.71 Å². The van der Waals surface area contributed by atoms with E-state index in [0.29, 0.717) is 0 Å². The van der Waals surface area contributed by atoms with Crippen LogP contribution in [0.5, 0.6) is 0 Å². The van der Waals surface area contributed by atoms with Gasteiger partial charge in [0.15, 0.2) is 0 Å². The zero-order valence-electron chi connectivity index (χ0n) is 10.0. The monoisotopic (exact) mass is 330 g/mol. The van der Waals surface area contributed by atoms with Gasteiger partial charge in [0.25, 0.3) is 0 Å². The van der Waals surface area contributed by atoms with Crippen molar-refractivity contribution in [2.24, 2.45) is 0 Å². The summed E-state index contributed by atoms with van der Waals surface area (Å²) in [6.45, 7) is 0. The molecule has 58 valence electrons. The first-order valence-corrected chi connectivity index (χ1v) is 9.98. The van der Waals surface area contributed by atoms with Crippen molar-refractivity contribution < 1.29 is 20.0 Å². The van der Waals surface area contributed by atoms with Crippen molar-refractivity contribution >= 4 is 105 Å². The molecule has 0 aliphatic heterocycles. The van der Waals surface area contributed by atoms with Crippen molar-refractivity contribution in [3.05, 3.63) is 0 Å². The quantitative estimate of drug-likeness (QED) is 0.658. The summed E-state index contributed by atoms with van der Waals surface area (Å²) < 4.78 is 33.1. The minimum absolute atomic E-state index is 0. The molecule has 4 nitrogen and oxygen atoms in total. The van der Waals surface area contributed by atoms with E-state index in [1.807, 2.05) is 0 Å². The summed E-state index contributed by atoms with van der Waals surface area (Å²) in [4.78, 5) is 0. The van der Waals surface area contributed by atoms with E-state index in [4.69, 9.17) is 4.10 Å². The molecule has 0 bridgehead atoms. The fourth-order valence-corrected chi connectivity index (χ4v) is 6.44. The second-order valence-corrected chi connectivity index (χ2v) is 9.19. The van der Waals surface area contributed by atoms with E-state index in [1.165, 1.54) is 5.71 Å². The Morgan fingerprint density at radius 1 is 1.60 bits per heavy atom. The molecular weight excluding hydrogens is 318 g/mol. The summed E-state index contributed by atoms with van der Waals surface area (Å²) in [6, 6.07) is 0. The van der Waals surface area contributed by atoms with E-state index in [9.17, 15) is 7.48 Å². The average Bonchev–Trinajstić information content (AvgIpc) is 1.21. The van der Waals surface area contributed by atoms with Crippen LogP contribution in [0.15, 0.2) is 0 Å². The molecule has 1 N–H and O–H groups in total. The second kappa shape index (κ2) is 8.74. The molecule has 8 heteroatoms. The van der Waals surface area contributed by atoms with Gasteiger partial charge in [-0.05, 0) is 0 Å². The van der Waals surface area contributed by atoms with Crippen molar-refractivity contribution in [2.45, 2.75) is 11.4 Å². The molecule has 0 saturated heterocycles. The van der Waals surface area contributed by atoms with Crippen LogP contribution in [0.25, 0.3) is 0 Å². The molecular formula is C2H12As2Ca2O4. The van der Waals surface area contributed by atoms with Gasteiger partial charge in [0.05, 0.1) is 0 Å². The molecule has 0 amide bonds. The normalized spacial score (nSPS) is 17.5. The maximum absolute atomic E-state index is 10.3. The zero-order chi connectivity index (χ0) is 6.78. The van der Waals surface area contributed by atoms with E-state index < -0.39 is 29.1 Å². The van der Waals surface area contributed by atoms with Crippen LogP contribution in [0, 0.1) is 0 Å². The van der Waals surface area contributed by atoms with Gasteiger partial charge in [0.2, 0.25) is 0 Å². The van der Waals surface area contributed by atoms with Crippen molar-refractivity contribution in [1.82, 2.24) is 0 Å². The molecule has 0 fully saturated rings. The maximum Gasteiger partial charge on any atom is 2.00 e. The molecule has 0 aliphatic rings. The van der Waals surface area contributed by atoms with Crippen molar-refractivity contribution in [2.75, 3.05) is 0 Å². The number of rotatable bonds is 2. The van der Waals surface area contributed by atoms with Gasteiger partial charge in [-0.1, -0.05) is 0 Å². The molecule has 2 atom stereocenters. The molecule has 0 heterocycles. The second-order valence-electron chi connectivity index (χ2n) is 1.39. The number of hydrogen-bond donors (Lipinski definition) is 1. The Labute approximate surface area is 133 Å². The van der Waals surface area contributed by atoms with Crippen LogP contribution >= 0.6 is 0 Å². The Bertz CT molecular complexity index is 154. The third kappa shape index (κ3) is 17.3. The van der Waals surface area contributed by atoms with Gasteiger partial charge in [0.1, 0.15) is 0 Å². The van der Waals surface area contributed by atoms with Crippen LogP contribution in [0.4, 0.5) is 0 Å². The third-order valence-electron chi connectivity index (χ3n) is 0.298. The SMILES string of the molecule is C[AsH](=O)O[As](C)(=O)O.[Ca+2].[Ca+2].[H-].[H-].[H-].[H-]. The summed E-state index contributed by atoms with van der Waals surface area (Å²) >= 11 is -6.76. The van der Waals surface area contributed by atoms with Crippen molar-refractivity contribution in [3.8, 4) is 0 Å². The van der Waals surface area contributed by atoms with Crippen LogP contribution in [0.3, 0.4) is 0 Å². The minimum Gasteiger partial charge on any atom is -1.00 e. The van der Waals surface area contributed by atoms with Gasteiger partial charge in [0, 0.05) is 0 Å². The molecule has 0 saturated carbocycles. The third-order valence-corrected chi connectivity index (χ3v) is 8.04. The van der Waals surface area contributed by atoms with E-state index in [0.717, 1.165) is 5.71 Å². The molecule has 0 aromatic carbocycles. The van der Waals surface area contributed by atoms with Crippen LogP contribution in [-0.4, -0.2) is 109 Å². The Kier molecular flexibility index (Phi) is 16.5. The standard InChI is InChI=1S/C2H8As2O4.2Ca.4H/c1-3(5)8-4(2,6)7;;;;;;/h3H,1-2H3,(H,6,7);;;;;;/q;2*+2;4*-1. The number of hydrogen-bond acceptors (Lipinski definition) is 3. The Balaban J connectivity index is -0.0000000163. The van der Waals surface area contributed by atoms with Gasteiger partial charge in [-0.2, -0.15) is 0 Å². The molecule has 0 aromatic heterocycles. The smallest absolute Gasteiger partial charge is 1.00 e. The molecule has 2 unspecified atom stereocenters. The summed E-state index contributed by atoms with van der Waals surface area (Å²) in [5.74, 6) is 0. The fraction of sp³-hybridized carbons (Fsp3) is 1.00. The van der Waals surface area contributed by atoms with Gasteiger partial charge >= 0.3 is 130 Å². The first kappa shape index (κ1) is 18.8. The summed E-state index contributed by atoms with van der Waals surface area (Å²) in [6.07, 6.45) is 0. The van der Waals surface area contributed by atoms with Crippen molar-refractivity contribution in [1.29, 1.82) is 0 Å². The molecule has 0 aromatic rings. The Morgan fingerprint density at radius 2 is 1.90 bits per heavy atom. The maximum atomic E-state index is 10.3. The summed E-state index contributed by atoms with van der Waals surface area (Å²) in [5, 5.41) is 0. The molecule has 0 radical (unpaired) electrons. The Morgan fingerprint density at radius 3 is 1.90 bits per heavy atom. The summed E-state index contributed by atoms with van der Waals surface area (Å²) in [7, 11) is 0. The predicted molar refractivity (Wildman–Crippen MR) is 45.3 cm³/mol. The van der Waals surface area contributed by atoms with Gasteiger partial charge in [-0.25, -0.2) is 0 Å². The molecule has 0 aliphatic carbocycles. The minimum atomic E-state index is -4.00. The predicted octanol–water partition coefficient (Wildman–Crippen LogP) is -1.04. The zero-order valence-corrected chi connectivity index (χ0v) is 14.4. The van der Waals surface area contributed by atoms with E-state index in [1.54, 1.807) is 0 Å². The van der Waals surface area contributed by atoms with Gasteiger partial charge in [-0.3, -0.25) is 0 Å². The molecule has 10 heavy (non-hydrogen) atoms. The first-order valence-electron chi connectivity index (χ1n) is 1.92. The van der Waals surface area contributed by atoms with Crippen LogP contribution in [0.2, 0.25) is 11.4 Å². The first-order chi connectivity index (χ1) is 3.42.